The number of carboxylic acid groups (broad SMARTS) is 1. The number of likely N-dealkylation sites (tertiary alicyclic amines) is 1. The lowest BCUT2D eigenvalue weighted by Gasteiger charge is -2.31. The summed E-state index contributed by atoms with van der Waals surface area (Å²) in [5, 5.41) is 7.12. The molecule has 0 saturated carbocycles. The summed E-state index contributed by atoms with van der Waals surface area (Å²) in [7, 11) is 1.68. The van der Waals surface area contributed by atoms with Gasteiger partial charge in [-0.25, -0.2) is 4.79 Å². The van der Waals surface area contributed by atoms with Gasteiger partial charge >= 0.3 is 12.1 Å². The summed E-state index contributed by atoms with van der Waals surface area (Å²) in [4.78, 5) is 27.3. The van der Waals surface area contributed by atoms with Crippen molar-refractivity contribution in [1.82, 2.24) is 9.88 Å². The number of halogens is 3. The van der Waals surface area contributed by atoms with Crippen LogP contribution >= 0.6 is 0 Å². The SMILES string of the molecule is CO[C@H]1CN(C(=O)c2cccnc2)[C@@H]2CCCO[C@H]12.O=C(O)C(F)(F)F. The summed E-state index contributed by atoms with van der Waals surface area (Å²) in [5.74, 6) is -2.74. The molecule has 144 valence electrons. The van der Waals surface area contributed by atoms with Crippen molar-refractivity contribution in [3.63, 3.8) is 0 Å². The van der Waals surface area contributed by atoms with E-state index in [0.717, 1.165) is 19.4 Å². The van der Waals surface area contributed by atoms with E-state index < -0.39 is 12.1 Å². The van der Waals surface area contributed by atoms with Gasteiger partial charge in [0.25, 0.3) is 5.91 Å². The monoisotopic (exact) mass is 376 g/mol. The molecule has 2 aliphatic rings. The first-order chi connectivity index (χ1) is 12.3. The van der Waals surface area contributed by atoms with E-state index in [1.807, 2.05) is 4.90 Å². The van der Waals surface area contributed by atoms with Crippen LogP contribution < -0.4 is 0 Å². The van der Waals surface area contributed by atoms with Gasteiger partial charge in [0, 0.05) is 26.1 Å². The van der Waals surface area contributed by atoms with Crippen LogP contribution in [-0.4, -0.2) is 71.6 Å². The number of carbonyl (C=O) groups is 2. The standard InChI is InChI=1S/C14H18N2O3.C2HF3O2/c1-18-12-9-16(11-5-3-7-19-13(11)12)14(17)10-4-2-6-15-8-10;3-2(4,5)1(6)7/h2,4,6,8,11-13H,3,5,7,9H2,1H3;(H,6,7)/t11-,12+,13+;/m1./s1. The van der Waals surface area contributed by atoms with Gasteiger partial charge in [-0.1, -0.05) is 0 Å². The van der Waals surface area contributed by atoms with Gasteiger partial charge in [0.05, 0.1) is 18.2 Å². The quantitative estimate of drug-likeness (QED) is 0.846. The third kappa shape index (κ3) is 4.70. The number of methoxy groups -OCH3 is 1. The Morgan fingerprint density at radius 1 is 1.42 bits per heavy atom. The van der Waals surface area contributed by atoms with Crippen molar-refractivity contribution in [3.05, 3.63) is 30.1 Å². The average Bonchev–Trinajstić information content (AvgIpc) is 3.00. The molecule has 7 nitrogen and oxygen atoms in total. The zero-order valence-corrected chi connectivity index (χ0v) is 14.0. The lowest BCUT2D eigenvalue weighted by molar-refractivity contribution is -0.192. The Kier molecular flexibility index (Phi) is 6.54. The Morgan fingerprint density at radius 3 is 2.65 bits per heavy atom. The van der Waals surface area contributed by atoms with E-state index >= 15 is 0 Å². The highest BCUT2D eigenvalue weighted by Crippen LogP contribution is 2.31. The molecule has 2 aliphatic heterocycles. The predicted octanol–water partition coefficient (Wildman–Crippen LogP) is 1.73. The number of carbonyl (C=O) groups excluding carboxylic acids is 1. The van der Waals surface area contributed by atoms with Crippen molar-refractivity contribution in [3.8, 4) is 0 Å². The minimum atomic E-state index is -5.08. The Hall–Kier alpha value is -2.20. The third-order valence-electron chi connectivity index (χ3n) is 4.19. The van der Waals surface area contributed by atoms with Gasteiger partial charge in [-0.3, -0.25) is 9.78 Å². The number of rotatable bonds is 2. The molecule has 3 atom stereocenters. The molecule has 3 rings (SSSR count). The highest BCUT2D eigenvalue weighted by molar-refractivity contribution is 5.94. The molecule has 0 radical (unpaired) electrons. The minimum absolute atomic E-state index is 0.0133. The number of aromatic nitrogens is 1. The molecule has 0 spiro atoms. The molecule has 26 heavy (non-hydrogen) atoms. The largest absolute Gasteiger partial charge is 0.490 e. The number of fused-ring (bicyclic) bond motifs is 1. The summed E-state index contributed by atoms with van der Waals surface area (Å²) in [5.41, 5.74) is 0.628. The first kappa shape index (κ1) is 20.1. The van der Waals surface area contributed by atoms with Crippen molar-refractivity contribution < 1.29 is 37.3 Å². The number of alkyl halides is 3. The second kappa shape index (κ2) is 8.45. The predicted molar refractivity (Wildman–Crippen MR) is 82.5 cm³/mol. The maximum absolute atomic E-state index is 12.5. The molecule has 1 aromatic rings. The van der Waals surface area contributed by atoms with Crippen LogP contribution in [0.4, 0.5) is 13.2 Å². The number of amides is 1. The Balaban J connectivity index is 0.000000298. The fourth-order valence-electron chi connectivity index (χ4n) is 3.01. The van der Waals surface area contributed by atoms with Crippen LogP contribution in [0.5, 0.6) is 0 Å². The first-order valence-electron chi connectivity index (χ1n) is 7.91. The van der Waals surface area contributed by atoms with Crippen LogP contribution in [0.15, 0.2) is 24.5 Å². The molecule has 10 heteroatoms. The maximum Gasteiger partial charge on any atom is 0.490 e. The highest BCUT2D eigenvalue weighted by Gasteiger charge is 2.46. The van der Waals surface area contributed by atoms with Crippen LogP contribution in [-0.2, 0) is 14.3 Å². The second-order valence-corrected chi connectivity index (χ2v) is 5.82. The smallest absolute Gasteiger partial charge is 0.475 e. The molecule has 0 aliphatic carbocycles. The summed E-state index contributed by atoms with van der Waals surface area (Å²) in [6.07, 6.45) is 0.169. The van der Waals surface area contributed by atoms with E-state index in [4.69, 9.17) is 19.4 Å². The fourth-order valence-corrected chi connectivity index (χ4v) is 3.01. The van der Waals surface area contributed by atoms with Crippen LogP contribution in [0.3, 0.4) is 0 Å². The van der Waals surface area contributed by atoms with Gasteiger partial charge in [0.2, 0.25) is 0 Å². The van der Waals surface area contributed by atoms with Crippen molar-refractivity contribution in [2.75, 3.05) is 20.3 Å². The first-order valence-corrected chi connectivity index (χ1v) is 7.91. The van der Waals surface area contributed by atoms with E-state index in [1.54, 1.807) is 31.6 Å². The van der Waals surface area contributed by atoms with E-state index in [0.29, 0.717) is 12.1 Å². The second-order valence-electron chi connectivity index (χ2n) is 5.82. The summed E-state index contributed by atoms with van der Waals surface area (Å²) >= 11 is 0. The lowest BCUT2D eigenvalue weighted by atomic mass is 10.0. The molecular weight excluding hydrogens is 357 g/mol. The number of hydrogen-bond donors (Lipinski definition) is 1. The van der Waals surface area contributed by atoms with E-state index in [2.05, 4.69) is 4.98 Å². The van der Waals surface area contributed by atoms with Crippen LogP contribution in [0.25, 0.3) is 0 Å². The van der Waals surface area contributed by atoms with Gasteiger partial charge in [0.1, 0.15) is 12.2 Å². The molecule has 2 fully saturated rings. The molecular formula is C16H19F3N2O5. The molecule has 2 saturated heterocycles. The summed E-state index contributed by atoms with van der Waals surface area (Å²) in [6, 6.07) is 3.71. The number of pyridine rings is 1. The van der Waals surface area contributed by atoms with Crippen molar-refractivity contribution >= 4 is 11.9 Å². The van der Waals surface area contributed by atoms with Crippen molar-refractivity contribution in [1.29, 1.82) is 0 Å². The third-order valence-corrected chi connectivity index (χ3v) is 4.19. The Bertz CT molecular complexity index is 626. The van der Waals surface area contributed by atoms with Crippen molar-refractivity contribution in [2.24, 2.45) is 0 Å². The maximum atomic E-state index is 12.5. The van der Waals surface area contributed by atoms with Crippen LogP contribution in [0, 0.1) is 0 Å². The molecule has 0 bridgehead atoms. The molecule has 3 heterocycles. The molecule has 0 aromatic carbocycles. The average molecular weight is 376 g/mol. The zero-order chi connectivity index (χ0) is 19.3. The number of hydrogen-bond acceptors (Lipinski definition) is 5. The highest BCUT2D eigenvalue weighted by atomic mass is 19.4. The fraction of sp³-hybridized carbons (Fsp3) is 0.562. The molecule has 1 amide bonds. The number of ether oxygens (including phenoxy) is 2. The molecule has 0 unspecified atom stereocenters. The van der Waals surface area contributed by atoms with Gasteiger partial charge in [-0.15, -0.1) is 0 Å². The zero-order valence-electron chi connectivity index (χ0n) is 14.0. The number of carboxylic acids is 1. The number of nitrogens with zero attached hydrogens (tertiary/aromatic N) is 2. The Morgan fingerprint density at radius 2 is 2.12 bits per heavy atom. The number of aliphatic carboxylic acids is 1. The van der Waals surface area contributed by atoms with Crippen LogP contribution in [0.2, 0.25) is 0 Å². The summed E-state index contributed by atoms with van der Waals surface area (Å²) < 4.78 is 43.0. The van der Waals surface area contributed by atoms with Gasteiger partial charge in [-0.2, -0.15) is 13.2 Å². The van der Waals surface area contributed by atoms with E-state index in [9.17, 15) is 18.0 Å². The van der Waals surface area contributed by atoms with Crippen molar-refractivity contribution in [2.45, 2.75) is 37.3 Å². The Labute approximate surface area is 147 Å². The van der Waals surface area contributed by atoms with Gasteiger partial charge in [-0.05, 0) is 25.0 Å². The van der Waals surface area contributed by atoms with E-state index in [-0.39, 0.29) is 24.2 Å². The minimum Gasteiger partial charge on any atom is -0.475 e. The normalized spacial score (nSPS) is 25.1. The molecule has 1 N–H and O–H groups in total. The summed E-state index contributed by atoms with van der Waals surface area (Å²) in [6.45, 7) is 1.36. The lowest BCUT2D eigenvalue weighted by Crippen LogP contribution is -2.43. The topological polar surface area (TPSA) is 89.0 Å². The van der Waals surface area contributed by atoms with Crippen LogP contribution in [0.1, 0.15) is 23.2 Å². The van der Waals surface area contributed by atoms with Gasteiger partial charge in [0.15, 0.2) is 0 Å². The molecule has 1 aromatic heterocycles. The van der Waals surface area contributed by atoms with E-state index in [1.165, 1.54) is 0 Å². The van der Waals surface area contributed by atoms with Gasteiger partial charge < -0.3 is 19.5 Å².